The lowest BCUT2D eigenvalue weighted by molar-refractivity contribution is -0.122. The topological polar surface area (TPSA) is 78.0 Å². The second kappa shape index (κ2) is 12.9. The zero-order valence-electron chi connectivity index (χ0n) is 22.1. The summed E-state index contributed by atoms with van der Waals surface area (Å²) in [5.74, 6) is 1.53. The van der Waals surface area contributed by atoms with Crippen LogP contribution < -0.4 is 15.0 Å². The number of piperidine rings is 1. The van der Waals surface area contributed by atoms with Gasteiger partial charge in [-0.25, -0.2) is 13.5 Å². The average molecular weight is 536 g/mol. The number of ether oxygens (including phenoxy) is 1. The summed E-state index contributed by atoms with van der Waals surface area (Å²) >= 11 is 6.51. The first-order valence-corrected chi connectivity index (χ1v) is 13.7. The maximum Gasteiger partial charge on any atom is 0.221 e. The number of amides is 1. The van der Waals surface area contributed by atoms with Crippen LogP contribution in [0.25, 0.3) is 0 Å². The standard InChI is InChI=1S/C26H38ClN5O3S/c1-18-13-22(35-6)14-19(2)25(18)36(34)31(5)10-9-24(33)29-21-7-11-32(12-8-21)26-23(27)15-20(16-28-26)17-30(3)4/h13-16,21H,7-12,17H2,1-6H3,(H,29,33). The van der Waals surface area contributed by atoms with E-state index < -0.39 is 11.0 Å². The van der Waals surface area contributed by atoms with Gasteiger partial charge >= 0.3 is 0 Å². The molecule has 10 heteroatoms. The SMILES string of the molecule is COc1cc(C)c(S(=O)N(C)CCC(=O)NC2CCN(c3ncc(CN(C)C)cc3Cl)CC2)c(C)c1. The van der Waals surface area contributed by atoms with E-state index in [1.807, 2.05) is 52.3 Å². The van der Waals surface area contributed by atoms with Crippen LogP contribution in [0.4, 0.5) is 5.82 Å². The number of halogens is 1. The lowest BCUT2D eigenvalue weighted by Gasteiger charge is -2.33. The first-order valence-electron chi connectivity index (χ1n) is 12.2. The Morgan fingerprint density at radius 3 is 2.39 bits per heavy atom. The van der Waals surface area contributed by atoms with Crippen molar-refractivity contribution < 1.29 is 13.7 Å². The molecular formula is C26H38ClN5O3S. The molecule has 1 atom stereocenters. The van der Waals surface area contributed by atoms with Gasteiger partial charge in [-0.3, -0.25) is 4.79 Å². The highest BCUT2D eigenvalue weighted by atomic mass is 35.5. The number of pyridine rings is 1. The van der Waals surface area contributed by atoms with Crippen molar-refractivity contribution in [1.29, 1.82) is 0 Å². The van der Waals surface area contributed by atoms with E-state index in [1.54, 1.807) is 18.5 Å². The molecule has 3 rings (SSSR count). The van der Waals surface area contributed by atoms with Gasteiger partial charge in [0.15, 0.2) is 0 Å². The highest BCUT2D eigenvalue weighted by Crippen LogP contribution is 2.28. The predicted molar refractivity (Wildman–Crippen MR) is 146 cm³/mol. The molecule has 2 heterocycles. The van der Waals surface area contributed by atoms with Gasteiger partial charge in [-0.15, -0.1) is 0 Å². The van der Waals surface area contributed by atoms with E-state index in [0.717, 1.165) is 65.6 Å². The molecule has 8 nitrogen and oxygen atoms in total. The largest absolute Gasteiger partial charge is 0.497 e. The van der Waals surface area contributed by atoms with Crippen LogP contribution in [0.3, 0.4) is 0 Å². The van der Waals surface area contributed by atoms with Gasteiger partial charge in [0.05, 0.1) is 17.0 Å². The summed E-state index contributed by atoms with van der Waals surface area (Å²) in [7, 11) is 6.08. The molecule has 0 radical (unpaired) electrons. The van der Waals surface area contributed by atoms with Crippen LogP contribution in [-0.2, 0) is 22.3 Å². The molecule has 198 valence electrons. The summed E-state index contributed by atoms with van der Waals surface area (Å²) < 4.78 is 20.1. The third kappa shape index (κ3) is 7.41. The van der Waals surface area contributed by atoms with E-state index in [0.29, 0.717) is 11.6 Å². The molecule has 1 aliphatic heterocycles. The van der Waals surface area contributed by atoms with E-state index in [4.69, 9.17) is 16.3 Å². The fraction of sp³-hybridized carbons (Fsp3) is 0.538. The van der Waals surface area contributed by atoms with Crippen LogP contribution in [0.15, 0.2) is 29.3 Å². The first kappa shape index (κ1) is 28.4. The van der Waals surface area contributed by atoms with Crippen molar-refractivity contribution in [3.63, 3.8) is 0 Å². The fourth-order valence-corrected chi connectivity index (χ4v) is 6.04. The molecule has 1 aliphatic rings. The minimum atomic E-state index is -1.35. The Kier molecular flexibility index (Phi) is 10.1. The Morgan fingerprint density at radius 2 is 1.83 bits per heavy atom. The highest BCUT2D eigenvalue weighted by Gasteiger charge is 2.24. The van der Waals surface area contributed by atoms with Crippen LogP contribution in [0, 0.1) is 13.8 Å². The molecule has 2 aromatic rings. The molecule has 1 aromatic heterocycles. The van der Waals surface area contributed by atoms with E-state index in [2.05, 4.69) is 20.1 Å². The minimum Gasteiger partial charge on any atom is -0.497 e. The third-order valence-electron chi connectivity index (χ3n) is 6.32. The number of nitrogens with one attached hydrogen (secondary N) is 1. The van der Waals surface area contributed by atoms with Gasteiger partial charge in [0, 0.05) is 51.9 Å². The highest BCUT2D eigenvalue weighted by molar-refractivity contribution is 7.82. The van der Waals surface area contributed by atoms with Gasteiger partial charge in [-0.2, -0.15) is 0 Å². The van der Waals surface area contributed by atoms with Crippen molar-refractivity contribution in [2.75, 3.05) is 52.8 Å². The number of rotatable bonds is 10. The fourth-order valence-electron chi connectivity index (χ4n) is 4.49. The van der Waals surface area contributed by atoms with Gasteiger partial charge < -0.3 is 19.9 Å². The van der Waals surface area contributed by atoms with Crippen molar-refractivity contribution in [3.05, 3.63) is 46.1 Å². The van der Waals surface area contributed by atoms with Crippen LogP contribution >= 0.6 is 11.6 Å². The minimum absolute atomic E-state index is 0.0235. The van der Waals surface area contributed by atoms with Gasteiger partial charge in [0.25, 0.3) is 0 Å². The summed E-state index contributed by atoms with van der Waals surface area (Å²) in [6, 6.07) is 5.86. The number of methoxy groups -OCH3 is 1. The molecule has 1 fully saturated rings. The molecule has 0 saturated carbocycles. The summed E-state index contributed by atoms with van der Waals surface area (Å²) in [6.07, 6.45) is 3.83. The number of benzene rings is 1. The number of aromatic nitrogens is 1. The van der Waals surface area contributed by atoms with E-state index in [1.165, 1.54) is 0 Å². The zero-order valence-corrected chi connectivity index (χ0v) is 23.7. The maximum atomic E-state index is 13.1. The maximum absolute atomic E-state index is 13.1. The second-order valence-electron chi connectivity index (χ2n) is 9.66. The van der Waals surface area contributed by atoms with Crippen LogP contribution in [0.1, 0.15) is 36.0 Å². The molecule has 1 N–H and O–H groups in total. The number of hydrogen-bond donors (Lipinski definition) is 1. The lowest BCUT2D eigenvalue weighted by atomic mass is 10.0. The number of nitrogens with zero attached hydrogens (tertiary/aromatic N) is 4. The zero-order chi connectivity index (χ0) is 26.4. The third-order valence-corrected chi connectivity index (χ3v) is 8.34. The predicted octanol–water partition coefficient (Wildman–Crippen LogP) is 3.55. The summed E-state index contributed by atoms with van der Waals surface area (Å²) in [6.45, 7) is 6.62. The molecule has 0 spiro atoms. The van der Waals surface area contributed by atoms with Gasteiger partial charge in [-0.1, -0.05) is 11.6 Å². The molecule has 36 heavy (non-hydrogen) atoms. The van der Waals surface area contributed by atoms with Crippen LogP contribution in [-0.4, -0.2) is 78.2 Å². The normalized spacial score (nSPS) is 15.4. The van der Waals surface area contributed by atoms with Crippen molar-refractivity contribution in [3.8, 4) is 5.75 Å². The molecule has 1 saturated heterocycles. The average Bonchev–Trinajstić information content (AvgIpc) is 2.82. The Hall–Kier alpha value is -2.20. The van der Waals surface area contributed by atoms with Gasteiger partial charge in [0.1, 0.15) is 22.6 Å². The van der Waals surface area contributed by atoms with Crippen molar-refractivity contribution in [1.82, 2.24) is 19.5 Å². The van der Waals surface area contributed by atoms with Crippen LogP contribution in [0.2, 0.25) is 5.02 Å². The molecule has 1 amide bonds. The summed E-state index contributed by atoms with van der Waals surface area (Å²) in [5.41, 5.74) is 2.91. The van der Waals surface area contributed by atoms with Gasteiger partial charge in [0.2, 0.25) is 5.91 Å². The Labute approximate surface area is 222 Å². The first-order chi connectivity index (χ1) is 17.1. The molecule has 0 bridgehead atoms. The number of anilines is 1. The Morgan fingerprint density at radius 1 is 1.19 bits per heavy atom. The van der Waals surface area contributed by atoms with E-state index >= 15 is 0 Å². The molecule has 1 unspecified atom stereocenters. The monoisotopic (exact) mass is 535 g/mol. The number of carbonyl (C=O) groups excluding carboxylic acids is 1. The van der Waals surface area contributed by atoms with Crippen molar-refractivity contribution in [2.24, 2.45) is 0 Å². The number of aryl methyl sites for hydroxylation is 2. The molecule has 1 aromatic carbocycles. The lowest BCUT2D eigenvalue weighted by Crippen LogP contribution is -2.45. The summed E-state index contributed by atoms with van der Waals surface area (Å²) in [4.78, 5) is 22.2. The Bertz CT molecular complexity index is 1070. The quantitative estimate of drug-likeness (QED) is 0.501. The summed E-state index contributed by atoms with van der Waals surface area (Å²) in [5, 5.41) is 3.80. The second-order valence-corrected chi connectivity index (χ2v) is 11.6. The number of hydrogen-bond acceptors (Lipinski definition) is 6. The molecular weight excluding hydrogens is 498 g/mol. The van der Waals surface area contributed by atoms with Crippen molar-refractivity contribution in [2.45, 2.75) is 50.6 Å². The van der Waals surface area contributed by atoms with Crippen molar-refractivity contribution >= 4 is 34.3 Å². The van der Waals surface area contributed by atoms with Gasteiger partial charge in [-0.05, 0) is 75.7 Å². The van der Waals surface area contributed by atoms with E-state index in [-0.39, 0.29) is 18.4 Å². The number of carbonyl (C=O) groups is 1. The van der Waals surface area contributed by atoms with E-state index in [9.17, 15) is 9.00 Å². The smallest absolute Gasteiger partial charge is 0.221 e. The Balaban J connectivity index is 1.47. The molecule has 0 aliphatic carbocycles. The van der Waals surface area contributed by atoms with Crippen LogP contribution in [0.5, 0.6) is 5.75 Å².